The number of carbonyl (C=O) groups is 1. The van der Waals surface area contributed by atoms with Gasteiger partial charge < -0.3 is 4.90 Å². The van der Waals surface area contributed by atoms with Gasteiger partial charge >= 0.3 is 0 Å². The van der Waals surface area contributed by atoms with Crippen LogP contribution in [-0.4, -0.2) is 46.9 Å². The van der Waals surface area contributed by atoms with Crippen LogP contribution >= 0.6 is 11.3 Å². The first kappa shape index (κ1) is 17.1. The molecule has 2 aromatic heterocycles. The van der Waals surface area contributed by atoms with E-state index < -0.39 is 0 Å². The Morgan fingerprint density at radius 3 is 2.58 bits per heavy atom. The van der Waals surface area contributed by atoms with Crippen LogP contribution in [0.2, 0.25) is 0 Å². The highest BCUT2D eigenvalue weighted by molar-refractivity contribution is 7.21. The summed E-state index contributed by atoms with van der Waals surface area (Å²) in [5, 5.41) is 0.581. The first-order valence-corrected chi connectivity index (χ1v) is 9.53. The molecule has 4 nitrogen and oxygen atoms in total. The lowest BCUT2D eigenvalue weighted by Crippen LogP contribution is -2.48. The molecule has 0 spiro atoms. The minimum Gasteiger partial charge on any atom is -0.335 e. The lowest BCUT2D eigenvalue weighted by molar-refractivity contribution is 0.0632. The van der Waals surface area contributed by atoms with Crippen LogP contribution in [0.4, 0.5) is 4.39 Å². The first-order valence-electron chi connectivity index (χ1n) is 8.71. The summed E-state index contributed by atoms with van der Waals surface area (Å²) in [4.78, 5) is 21.9. The number of pyridine rings is 1. The Labute approximate surface area is 155 Å². The quantitative estimate of drug-likeness (QED) is 0.706. The van der Waals surface area contributed by atoms with Crippen LogP contribution in [0, 0.1) is 12.7 Å². The van der Waals surface area contributed by atoms with E-state index in [9.17, 15) is 9.18 Å². The number of halogens is 1. The monoisotopic (exact) mass is 369 g/mol. The van der Waals surface area contributed by atoms with E-state index in [1.165, 1.54) is 23.0 Å². The summed E-state index contributed by atoms with van der Waals surface area (Å²) in [6.07, 6.45) is 3.61. The Bertz CT molecular complexity index is 933. The highest BCUT2D eigenvalue weighted by Crippen LogP contribution is 2.33. The van der Waals surface area contributed by atoms with Crippen molar-refractivity contribution in [2.75, 3.05) is 26.2 Å². The number of fused-ring (bicyclic) bond motifs is 1. The van der Waals surface area contributed by atoms with Crippen molar-refractivity contribution in [3.8, 4) is 0 Å². The average Bonchev–Trinajstić information content (AvgIpc) is 3.01. The number of nitrogens with zero attached hydrogens (tertiary/aromatic N) is 3. The zero-order valence-electron chi connectivity index (χ0n) is 14.6. The predicted octanol–water partition coefficient (Wildman–Crippen LogP) is 3.70. The molecule has 0 aliphatic carbocycles. The Morgan fingerprint density at radius 1 is 1.15 bits per heavy atom. The molecule has 134 valence electrons. The summed E-state index contributed by atoms with van der Waals surface area (Å²) in [6.45, 7) is 5.78. The molecule has 1 aliphatic heterocycles. The fourth-order valence-electron chi connectivity index (χ4n) is 3.46. The van der Waals surface area contributed by atoms with Gasteiger partial charge in [0.2, 0.25) is 0 Å². The molecule has 6 heteroatoms. The third-order valence-corrected chi connectivity index (χ3v) is 6.16. The van der Waals surface area contributed by atoms with E-state index >= 15 is 0 Å². The number of rotatable bonds is 3. The molecule has 1 aliphatic rings. The number of carbonyl (C=O) groups excluding carboxylic acids is 1. The first-order chi connectivity index (χ1) is 12.6. The van der Waals surface area contributed by atoms with Crippen LogP contribution in [0.15, 0.2) is 42.7 Å². The molecule has 1 aromatic carbocycles. The van der Waals surface area contributed by atoms with Gasteiger partial charge in [-0.1, -0.05) is 6.07 Å². The number of hydrogen-bond donors (Lipinski definition) is 0. The minimum absolute atomic E-state index is 0.0201. The summed E-state index contributed by atoms with van der Waals surface area (Å²) in [7, 11) is 0. The molecule has 0 bridgehead atoms. The van der Waals surface area contributed by atoms with Crippen LogP contribution in [0.25, 0.3) is 10.1 Å². The molecule has 0 N–H and O–H groups in total. The molecule has 1 amide bonds. The second-order valence-electron chi connectivity index (χ2n) is 6.59. The summed E-state index contributed by atoms with van der Waals surface area (Å²) in [5.41, 5.74) is 1.99. The fourth-order valence-corrected chi connectivity index (χ4v) is 4.65. The molecule has 0 unspecified atom stereocenters. The van der Waals surface area contributed by atoms with Gasteiger partial charge in [0, 0.05) is 55.2 Å². The maximum Gasteiger partial charge on any atom is 0.264 e. The van der Waals surface area contributed by atoms with E-state index in [4.69, 9.17) is 0 Å². The van der Waals surface area contributed by atoms with Gasteiger partial charge in [0.1, 0.15) is 5.82 Å². The van der Waals surface area contributed by atoms with Crippen molar-refractivity contribution in [2.45, 2.75) is 13.5 Å². The van der Waals surface area contributed by atoms with Crippen molar-refractivity contribution >= 4 is 27.3 Å². The molecular formula is C20H20FN3OS. The number of aryl methyl sites for hydroxylation is 1. The van der Waals surface area contributed by atoms with Crippen molar-refractivity contribution in [1.82, 2.24) is 14.8 Å². The van der Waals surface area contributed by atoms with Gasteiger partial charge in [0.15, 0.2) is 0 Å². The van der Waals surface area contributed by atoms with E-state index in [2.05, 4.69) is 9.88 Å². The minimum atomic E-state index is -0.252. The third kappa shape index (κ3) is 3.22. The Hall–Kier alpha value is -2.31. The third-order valence-electron chi connectivity index (χ3n) is 4.91. The topological polar surface area (TPSA) is 36.4 Å². The van der Waals surface area contributed by atoms with E-state index in [0.717, 1.165) is 29.9 Å². The van der Waals surface area contributed by atoms with Gasteiger partial charge in [-0.25, -0.2) is 4.39 Å². The lowest BCUT2D eigenvalue weighted by atomic mass is 10.1. The van der Waals surface area contributed by atoms with E-state index in [1.54, 1.807) is 18.5 Å². The number of benzene rings is 1. The average molecular weight is 369 g/mol. The molecule has 0 atom stereocenters. The summed E-state index contributed by atoms with van der Waals surface area (Å²) >= 11 is 1.39. The fraction of sp³-hybridized carbons (Fsp3) is 0.300. The Kier molecular flexibility index (Phi) is 4.70. The Morgan fingerprint density at radius 2 is 1.88 bits per heavy atom. The molecule has 4 rings (SSSR count). The summed E-state index contributed by atoms with van der Waals surface area (Å²) in [5.74, 6) is -0.232. The van der Waals surface area contributed by atoms with Crippen LogP contribution in [0.5, 0.6) is 0 Å². The van der Waals surface area contributed by atoms with Crippen molar-refractivity contribution in [3.05, 3.63) is 64.5 Å². The number of thiophene rings is 1. The van der Waals surface area contributed by atoms with Gasteiger partial charge in [-0.05, 0) is 42.3 Å². The number of hydrogen-bond acceptors (Lipinski definition) is 4. The Balaban J connectivity index is 1.46. The van der Waals surface area contributed by atoms with Crippen LogP contribution in [-0.2, 0) is 6.54 Å². The standard InChI is InChI=1S/C20H20FN3OS/c1-14-18-16(21)3-2-4-17(18)26-19(14)20(25)24-11-9-23(10-12-24)13-15-5-7-22-8-6-15/h2-8H,9-13H2,1H3. The summed E-state index contributed by atoms with van der Waals surface area (Å²) < 4.78 is 14.9. The number of aromatic nitrogens is 1. The van der Waals surface area contributed by atoms with Crippen molar-refractivity contribution in [2.24, 2.45) is 0 Å². The number of amides is 1. The van der Waals surface area contributed by atoms with E-state index in [0.29, 0.717) is 23.4 Å². The van der Waals surface area contributed by atoms with Gasteiger partial charge in [-0.2, -0.15) is 0 Å². The van der Waals surface area contributed by atoms with E-state index in [1.807, 2.05) is 30.0 Å². The molecule has 1 fully saturated rings. The van der Waals surface area contributed by atoms with Gasteiger partial charge in [-0.3, -0.25) is 14.7 Å². The van der Waals surface area contributed by atoms with E-state index in [-0.39, 0.29) is 11.7 Å². The zero-order valence-corrected chi connectivity index (χ0v) is 15.4. The van der Waals surface area contributed by atoms with Crippen LogP contribution in [0.3, 0.4) is 0 Å². The zero-order chi connectivity index (χ0) is 18.1. The second kappa shape index (κ2) is 7.13. The second-order valence-corrected chi connectivity index (χ2v) is 7.65. The van der Waals surface area contributed by atoms with Crippen molar-refractivity contribution < 1.29 is 9.18 Å². The number of piperazine rings is 1. The maximum atomic E-state index is 14.1. The molecular weight excluding hydrogens is 349 g/mol. The van der Waals surface area contributed by atoms with Gasteiger partial charge in [0.05, 0.1) is 4.88 Å². The van der Waals surface area contributed by atoms with Crippen molar-refractivity contribution in [3.63, 3.8) is 0 Å². The highest BCUT2D eigenvalue weighted by atomic mass is 32.1. The normalized spacial score (nSPS) is 15.5. The van der Waals surface area contributed by atoms with Gasteiger partial charge in [-0.15, -0.1) is 11.3 Å². The van der Waals surface area contributed by atoms with Gasteiger partial charge in [0.25, 0.3) is 5.91 Å². The predicted molar refractivity (Wildman–Crippen MR) is 102 cm³/mol. The SMILES string of the molecule is Cc1c(C(=O)N2CCN(Cc3ccncc3)CC2)sc2cccc(F)c12. The molecule has 3 heterocycles. The molecule has 0 radical (unpaired) electrons. The smallest absolute Gasteiger partial charge is 0.264 e. The highest BCUT2D eigenvalue weighted by Gasteiger charge is 2.26. The molecule has 3 aromatic rings. The molecule has 0 saturated carbocycles. The summed E-state index contributed by atoms with van der Waals surface area (Å²) in [6, 6.07) is 9.06. The maximum absolute atomic E-state index is 14.1. The van der Waals surface area contributed by atoms with Crippen LogP contribution in [0.1, 0.15) is 20.8 Å². The molecule has 1 saturated heterocycles. The lowest BCUT2D eigenvalue weighted by Gasteiger charge is -2.34. The van der Waals surface area contributed by atoms with Crippen molar-refractivity contribution in [1.29, 1.82) is 0 Å². The molecule has 26 heavy (non-hydrogen) atoms. The largest absolute Gasteiger partial charge is 0.335 e. The van der Waals surface area contributed by atoms with Crippen LogP contribution < -0.4 is 0 Å².